The van der Waals surface area contributed by atoms with Crippen LogP contribution in [0.2, 0.25) is 0 Å². The van der Waals surface area contributed by atoms with Crippen molar-refractivity contribution in [2.24, 2.45) is 0 Å². The molecule has 0 aromatic heterocycles. The van der Waals surface area contributed by atoms with Gasteiger partial charge in [-0.25, -0.2) is 0 Å². The fourth-order valence-electron chi connectivity index (χ4n) is 2.20. The molecule has 0 N–H and O–H groups in total. The molecule has 3 heteroatoms. The molecule has 0 saturated heterocycles. The average Bonchev–Trinajstić information content (AvgIpc) is 2.41. The number of hydrogen-bond donors (Lipinski definition) is 0. The molecular formula is C18H22O2Zr. The quantitative estimate of drug-likeness (QED) is 0.770. The van der Waals surface area contributed by atoms with E-state index in [1.54, 1.807) is 0 Å². The minimum atomic E-state index is -1.38. The molecule has 0 fully saturated rings. The van der Waals surface area contributed by atoms with Crippen LogP contribution in [0.25, 0.3) is 0 Å². The summed E-state index contributed by atoms with van der Waals surface area (Å²) in [6.07, 6.45) is 0. The second kappa shape index (κ2) is 6.79. The van der Waals surface area contributed by atoms with E-state index in [9.17, 15) is 0 Å². The molecule has 0 amide bonds. The van der Waals surface area contributed by atoms with Crippen LogP contribution in [0, 0.1) is 41.5 Å². The first-order valence-corrected chi connectivity index (χ1v) is 9.13. The summed E-state index contributed by atoms with van der Waals surface area (Å²) in [6, 6.07) is 8.57. The first-order valence-electron chi connectivity index (χ1n) is 7.13. The molecule has 0 aliphatic heterocycles. The van der Waals surface area contributed by atoms with Crippen LogP contribution in [0.5, 0.6) is 11.5 Å². The summed E-state index contributed by atoms with van der Waals surface area (Å²) in [6.45, 7) is 12.6. The Labute approximate surface area is 140 Å². The fraction of sp³-hybridized carbons (Fsp3) is 0.333. The van der Waals surface area contributed by atoms with Gasteiger partial charge >= 0.3 is 140 Å². The van der Waals surface area contributed by atoms with Crippen LogP contribution in [-0.4, -0.2) is 0 Å². The maximum atomic E-state index is 5.95. The summed E-state index contributed by atoms with van der Waals surface area (Å²) in [5.41, 5.74) is 7.49. The molecule has 2 rings (SSSR count). The summed E-state index contributed by atoms with van der Waals surface area (Å²) >= 11 is -1.38. The van der Waals surface area contributed by atoms with Gasteiger partial charge in [0.1, 0.15) is 0 Å². The van der Waals surface area contributed by atoms with Gasteiger partial charge < -0.3 is 0 Å². The van der Waals surface area contributed by atoms with Crippen LogP contribution >= 0.6 is 0 Å². The van der Waals surface area contributed by atoms with Gasteiger partial charge in [0.05, 0.1) is 0 Å². The fourth-order valence-corrected chi connectivity index (χ4v) is 3.82. The zero-order valence-electron chi connectivity index (χ0n) is 13.6. The van der Waals surface area contributed by atoms with E-state index in [0.29, 0.717) is 0 Å². The molecule has 2 aromatic carbocycles. The summed E-state index contributed by atoms with van der Waals surface area (Å²) in [5.74, 6) is 1.93. The Morgan fingerprint density at radius 3 is 1.24 bits per heavy atom. The third kappa shape index (κ3) is 3.98. The van der Waals surface area contributed by atoms with Crippen LogP contribution in [0.15, 0.2) is 24.3 Å². The minimum absolute atomic E-state index is 0.964. The van der Waals surface area contributed by atoms with Crippen molar-refractivity contribution in [1.82, 2.24) is 0 Å². The monoisotopic (exact) mass is 360 g/mol. The number of benzene rings is 2. The van der Waals surface area contributed by atoms with Gasteiger partial charge in [-0.3, -0.25) is 0 Å². The van der Waals surface area contributed by atoms with Crippen molar-refractivity contribution < 1.29 is 29.7 Å². The molecule has 2 nitrogen and oxygen atoms in total. The Balaban J connectivity index is 2.05. The molecule has 0 atom stereocenters. The van der Waals surface area contributed by atoms with E-state index >= 15 is 0 Å². The van der Waals surface area contributed by atoms with Crippen LogP contribution in [0.1, 0.15) is 33.4 Å². The molecule has 0 radical (unpaired) electrons. The Morgan fingerprint density at radius 1 is 0.524 bits per heavy atom. The van der Waals surface area contributed by atoms with E-state index in [1.807, 2.05) is 0 Å². The van der Waals surface area contributed by atoms with E-state index in [4.69, 9.17) is 5.63 Å². The normalized spacial score (nSPS) is 10.4. The van der Waals surface area contributed by atoms with Gasteiger partial charge in [-0.2, -0.15) is 0 Å². The van der Waals surface area contributed by atoms with Crippen LogP contribution in [0.4, 0.5) is 0 Å². The number of hydrogen-bond acceptors (Lipinski definition) is 2. The molecular weight excluding hydrogens is 339 g/mol. The van der Waals surface area contributed by atoms with Crippen molar-refractivity contribution in [1.29, 1.82) is 0 Å². The maximum absolute atomic E-state index is 5.95. The molecule has 0 unspecified atom stereocenters. The van der Waals surface area contributed by atoms with Crippen molar-refractivity contribution >= 4 is 0 Å². The van der Waals surface area contributed by atoms with E-state index < -0.39 is 24.1 Å². The summed E-state index contributed by atoms with van der Waals surface area (Å²) in [5, 5.41) is 0. The van der Waals surface area contributed by atoms with Crippen LogP contribution in [0.3, 0.4) is 0 Å². The summed E-state index contributed by atoms with van der Waals surface area (Å²) in [7, 11) is 0. The average molecular weight is 362 g/mol. The van der Waals surface area contributed by atoms with Crippen molar-refractivity contribution in [2.75, 3.05) is 0 Å². The molecule has 21 heavy (non-hydrogen) atoms. The Bertz CT molecular complexity index is 605. The first-order chi connectivity index (χ1) is 9.88. The van der Waals surface area contributed by atoms with Crippen molar-refractivity contribution in [3.8, 4) is 11.5 Å². The van der Waals surface area contributed by atoms with Gasteiger partial charge in [-0.1, -0.05) is 0 Å². The van der Waals surface area contributed by atoms with Gasteiger partial charge in [-0.05, 0) is 0 Å². The molecule has 0 bridgehead atoms. The predicted octanol–water partition coefficient (Wildman–Crippen LogP) is 4.91. The zero-order chi connectivity index (χ0) is 15.6. The Morgan fingerprint density at radius 2 is 0.857 bits per heavy atom. The van der Waals surface area contributed by atoms with E-state index in [0.717, 1.165) is 11.5 Å². The molecule has 0 aliphatic carbocycles. The number of aryl methyl sites for hydroxylation is 6. The van der Waals surface area contributed by atoms with Crippen molar-refractivity contribution in [3.05, 3.63) is 57.6 Å². The summed E-state index contributed by atoms with van der Waals surface area (Å²) < 4.78 is 11.9. The topological polar surface area (TPSA) is 18.5 Å². The first kappa shape index (κ1) is 16.3. The van der Waals surface area contributed by atoms with Gasteiger partial charge in [0.25, 0.3) is 0 Å². The van der Waals surface area contributed by atoms with Gasteiger partial charge in [0, 0.05) is 0 Å². The number of rotatable bonds is 4. The van der Waals surface area contributed by atoms with Gasteiger partial charge in [0.2, 0.25) is 0 Å². The van der Waals surface area contributed by atoms with E-state index in [-0.39, 0.29) is 0 Å². The third-order valence-corrected chi connectivity index (χ3v) is 5.38. The van der Waals surface area contributed by atoms with E-state index in [2.05, 4.69) is 65.8 Å². The van der Waals surface area contributed by atoms with Gasteiger partial charge in [0.15, 0.2) is 0 Å². The van der Waals surface area contributed by atoms with Crippen LogP contribution in [-0.2, 0) is 24.1 Å². The van der Waals surface area contributed by atoms with Crippen LogP contribution < -0.4 is 5.63 Å². The Kier molecular flexibility index (Phi) is 5.27. The summed E-state index contributed by atoms with van der Waals surface area (Å²) in [4.78, 5) is 0. The third-order valence-electron chi connectivity index (χ3n) is 3.89. The molecule has 0 aliphatic rings. The van der Waals surface area contributed by atoms with Crippen molar-refractivity contribution in [3.63, 3.8) is 0 Å². The Hall–Kier alpha value is -1.08. The second-order valence-corrected chi connectivity index (χ2v) is 7.10. The SMILES string of the molecule is Cc1cc(C)c([O][Zr][O]c2cc(C)c(C)cc2C)cc1C. The van der Waals surface area contributed by atoms with Crippen molar-refractivity contribution in [2.45, 2.75) is 41.5 Å². The molecule has 0 heterocycles. The predicted molar refractivity (Wildman–Crippen MR) is 82.6 cm³/mol. The van der Waals surface area contributed by atoms with Gasteiger partial charge in [-0.15, -0.1) is 0 Å². The standard InChI is InChI=1S/2C9H12O.Zr/c2*1-6-4-8(3)9(10)5-7(6)2;/h2*4-5,10H,1-3H3;/q;;+2/p-2. The molecule has 2 aromatic rings. The molecule has 110 valence electrons. The van der Waals surface area contributed by atoms with E-state index in [1.165, 1.54) is 33.4 Å². The molecule has 0 spiro atoms. The zero-order valence-corrected chi connectivity index (χ0v) is 16.1. The molecule has 0 saturated carbocycles. The second-order valence-electron chi connectivity index (χ2n) is 5.69.